The van der Waals surface area contributed by atoms with Crippen molar-refractivity contribution in [2.75, 3.05) is 60.5 Å². The monoisotopic (exact) mass is 497 g/mol. The molecule has 0 aromatic rings. The number of methoxy groups -OCH3 is 2. The lowest BCUT2D eigenvalue weighted by Crippen LogP contribution is -2.52. The average Bonchev–Trinajstić information content (AvgIpc) is 2.90. The van der Waals surface area contributed by atoms with Crippen LogP contribution < -0.4 is 5.73 Å². The summed E-state index contributed by atoms with van der Waals surface area (Å²) < 4.78 is 19.9. The molecule has 0 bridgehead atoms. The molecule has 0 aromatic heterocycles. The van der Waals surface area contributed by atoms with Crippen LogP contribution in [0.15, 0.2) is 38.8 Å². The molecule has 0 fully saturated rings. The van der Waals surface area contributed by atoms with E-state index in [1.807, 2.05) is 6.79 Å². The van der Waals surface area contributed by atoms with Crippen LogP contribution in [-0.2, 0) is 48.1 Å². The summed E-state index contributed by atoms with van der Waals surface area (Å²) in [5.74, 6) is 0. The first-order valence-corrected chi connectivity index (χ1v) is 9.93. The van der Waals surface area contributed by atoms with E-state index in [0.29, 0.717) is 39.1 Å². The number of hydrogen-bond donors (Lipinski definition) is 2. The van der Waals surface area contributed by atoms with Gasteiger partial charge in [-0.15, -0.1) is 26.3 Å². The summed E-state index contributed by atoms with van der Waals surface area (Å²) in [6.07, 6.45) is 5.71. The first kappa shape index (κ1) is 41.8. The van der Waals surface area contributed by atoms with Gasteiger partial charge in [-0.05, 0) is 11.5 Å². The quantitative estimate of drug-likeness (QED) is 0.0658. The molecule has 12 heteroatoms. The Hall–Kier alpha value is -2.45. The minimum absolute atomic E-state index is 0.0425. The zero-order chi connectivity index (χ0) is 27.3. The van der Waals surface area contributed by atoms with Crippen LogP contribution >= 0.6 is 0 Å². The van der Waals surface area contributed by atoms with Gasteiger partial charge in [0, 0.05) is 27.1 Å². The number of rotatable bonds is 19. The van der Waals surface area contributed by atoms with E-state index in [4.69, 9.17) is 29.5 Å². The van der Waals surface area contributed by atoms with Crippen molar-refractivity contribution in [3.05, 3.63) is 38.8 Å². The Morgan fingerprint density at radius 3 is 1.85 bits per heavy atom. The number of unbranched alkanes of at least 4 members (excludes halogenated alkanes) is 2. The van der Waals surface area contributed by atoms with E-state index >= 15 is 0 Å². The molecule has 0 spiro atoms. The van der Waals surface area contributed by atoms with Gasteiger partial charge >= 0.3 is 0 Å². The number of hydrogen-bond acceptors (Lipinski definition) is 12. The van der Waals surface area contributed by atoms with Crippen molar-refractivity contribution >= 4 is 19.4 Å². The second-order valence-corrected chi connectivity index (χ2v) is 5.39. The summed E-state index contributed by atoms with van der Waals surface area (Å²) in [5.41, 5.74) is 4.88. The molecule has 0 saturated carbocycles. The lowest BCUT2D eigenvalue weighted by atomic mass is 10.1. The molecule has 202 valence electrons. The van der Waals surface area contributed by atoms with E-state index in [2.05, 4.69) is 41.1 Å². The predicted molar refractivity (Wildman–Crippen MR) is 127 cm³/mol. The SMILES string of the molecule is C=C.C=C.C=O.COCCOCC(N)(CO)CO/C=C/OOOCCOC.O=CCCCC=O. The van der Waals surface area contributed by atoms with Crippen molar-refractivity contribution in [1.29, 1.82) is 0 Å². The summed E-state index contributed by atoms with van der Waals surface area (Å²) in [6.45, 7) is 15.4. The number of carbonyl (C=O) groups excluding carboxylic acids is 3. The molecule has 0 aliphatic rings. The van der Waals surface area contributed by atoms with Crippen LogP contribution in [-0.4, -0.2) is 90.5 Å². The molecule has 34 heavy (non-hydrogen) atoms. The molecule has 0 heterocycles. The van der Waals surface area contributed by atoms with Crippen LogP contribution in [0.3, 0.4) is 0 Å². The number of ether oxygens (including phenoxy) is 4. The highest BCUT2D eigenvalue weighted by atomic mass is 17.5. The molecular weight excluding hydrogens is 454 g/mol. The highest BCUT2D eigenvalue weighted by molar-refractivity contribution is 5.52. The van der Waals surface area contributed by atoms with Gasteiger partial charge in [-0.25, -0.2) is 0 Å². The lowest BCUT2D eigenvalue weighted by molar-refractivity contribution is -0.491. The number of carbonyl (C=O) groups is 3. The van der Waals surface area contributed by atoms with E-state index in [0.717, 1.165) is 18.8 Å². The van der Waals surface area contributed by atoms with Gasteiger partial charge in [-0.1, -0.05) is 0 Å². The average molecular weight is 498 g/mol. The number of aldehydes is 2. The minimum atomic E-state index is -1.01. The molecule has 0 radical (unpaired) electrons. The molecule has 0 aromatic carbocycles. The third kappa shape index (κ3) is 43.4. The number of aliphatic hydroxyl groups is 1. The van der Waals surface area contributed by atoms with Gasteiger partial charge in [0.15, 0.2) is 6.26 Å². The van der Waals surface area contributed by atoms with Crippen molar-refractivity contribution < 1.29 is 53.3 Å². The van der Waals surface area contributed by atoms with Gasteiger partial charge < -0.3 is 49.1 Å². The van der Waals surface area contributed by atoms with Crippen molar-refractivity contribution in [3.63, 3.8) is 0 Å². The maximum atomic E-state index is 9.56. The second-order valence-electron chi connectivity index (χ2n) is 5.39. The Kier molecular flexibility index (Phi) is 54.4. The predicted octanol–water partition coefficient (Wildman–Crippen LogP) is 1.33. The normalized spacial score (nSPS) is 10.8. The number of nitrogens with two attached hydrogens (primary N) is 1. The Bertz CT molecular complexity index is 402. The fourth-order valence-electron chi connectivity index (χ4n) is 1.31. The maximum absolute atomic E-state index is 9.56. The van der Waals surface area contributed by atoms with Crippen LogP contribution in [0, 0.1) is 0 Å². The first-order chi connectivity index (χ1) is 16.6. The largest absolute Gasteiger partial charge is 0.496 e. The van der Waals surface area contributed by atoms with Gasteiger partial charge in [0.2, 0.25) is 0 Å². The third-order valence-corrected chi connectivity index (χ3v) is 2.82. The Balaban J connectivity index is -0.000000179. The van der Waals surface area contributed by atoms with Gasteiger partial charge in [0.05, 0.1) is 38.6 Å². The summed E-state index contributed by atoms with van der Waals surface area (Å²) in [5, 5.41) is 13.6. The molecule has 0 amide bonds. The van der Waals surface area contributed by atoms with Gasteiger partial charge in [0.1, 0.15) is 38.8 Å². The summed E-state index contributed by atoms with van der Waals surface area (Å²) in [4.78, 5) is 36.2. The Morgan fingerprint density at radius 1 is 0.853 bits per heavy atom. The highest BCUT2D eigenvalue weighted by Gasteiger charge is 2.25. The summed E-state index contributed by atoms with van der Waals surface area (Å²) >= 11 is 0. The zero-order valence-corrected chi connectivity index (χ0v) is 20.5. The van der Waals surface area contributed by atoms with Crippen LogP contribution in [0.4, 0.5) is 0 Å². The van der Waals surface area contributed by atoms with Crippen molar-refractivity contribution in [1.82, 2.24) is 0 Å². The summed E-state index contributed by atoms with van der Waals surface area (Å²) in [6, 6.07) is 0. The molecule has 3 N–H and O–H groups in total. The first-order valence-electron chi connectivity index (χ1n) is 9.93. The molecule has 0 aliphatic heterocycles. The topological polar surface area (TPSA) is 162 Å². The fraction of sp³-hybridized carbons (Fsp3) is 0.591. The smallest absolute Gasteiger partial charge is 0.167 e. The van der Waals surface area contributed by atoms with Gasteiger partial charge in [0.25, 0.3) is 0 Å². The Labute approximate surface area is 203 Å². The molecule has 1 atom stereocenters. The van der Waals surface area contributed by atoms with Crippen LogP contribution in [0.5, 0.6) is 0 Å². The maximum Gasteiger partial charge on any atom is 0.167 e. The van der Waals surface area contributed by atoms with Gasteiger partial charge in [-0.2, -0.15) is 4.89 Å². The van der Waals surface area contributed by atoms with Crippen molar-refractivity contribution in [2.24, 2.45) is 5.73 Å². The highest BCUT2D eigenvalue weighted by Crippen LogP contribution is 2.02. The van der Waals surface area contributed by atoms with E-state index in [1.165, 1.54) is 13.4 Å². The van der Waals surface area contributed by atoms with E-state index in [1.54, 1.807) is 7.11 Å². The molecule has 12 nitrogen and oxygen atoms in total. The Morgan fingerprint density at radius 2 is 1.38 bits per heavy atom. The summed E-state index contributed by atoms with van der Waals surface area (Å²) in [7, 11) is 3.11. The fourth-order valence-corrected chi connectivity index (χ4v) is 1.31. The molecule has 0 rings (SSSR count). The molecule has 0 aliphatic carbocycles. The van der Waals surface area contributed by atoms with Crippen molar-refractivity contribution in [2.45, 2.75) is 24.8 Å². The standard InChI is InChI=1S/C12H25NO8.C5H8O2.2C2H4.CH2O/c1-15-3-5-17-10-12(13,9-14)11-18-6-8-20-21-19-7-4-16-2;6-4-2-1-3-5-7;3*1-2/h6,8,14H,3-5,7,9-11,13H2,1-2H3;4-5H,1-3H2;2*1-2H2;1H2/b8-6+;;;;. The van der Waals surface area contributed by atoms with E-state index < -0.39 is 5.54 Å². The van der Waals surface area contributed by atoms with Crippen molar-refractivity contribution in [3.8, 4) is 0 Å². The molecule has 0 saturated heterocycles. The second kappa shape index (κ2) is 44.3. The van der Waals surface area contributed by atoms with Crippen LogP contribution in [0.2, 0.25) is 0 Å². The lowest BCUT2D eigenvalue weighted by Gasteiger charge is -2.25. The minimum Gasteiger partial charge on any atom is -0.496 e. The zero-order valence-electron chi connectivity index (χ0n) is 20.5. The molecular formula is C22H43NO11. The van der Waals surface area contributed by atoms with E-state index in [-0.39, 0.29) is 26.4 Å². The van der Waals surface area contributed by atoms with E-state index in [9.17, 15) is 14.7 Å². The molecule has 1 unspecified atom stereocenters. The number of aliphatic hydroxyl groups excluding tert-OH is 1. The van der Waals surface area contributed by atoms with Crippen LogP contribution in [0.25, 0.3) is 0 Å². The van der Waals surface area contributed by atoms with Crippen LogP contribution in [0.1, 0.15) is 19.3 Å². The third-order valence-electron chi connectivity index (χ3n) is 2.82. The van der Waals surface area contributed by atoms with Gasteiger partial charge in [-0.3, -0.25) is 0 Å².